The number of carbonyl (C=O) groups excluding carboxylic acids is 1. The Morgan fingerprint density at radius 1 is 1.38 bits per heavy atom. The smallest absolute Gasteiger partial charge is 0.290 e. The summed E-state index contributed by atoms with van der Waals surface area (Å²) in [4.78, 5) is 27.0. The summed E-state index contributed by atoms with van der Waals surface area (Å²) in [7, 11) is 0. The van der Waals surface area contributed by atoms with Crippen molar-refractivity contribution in [3.05, 3.63) is 33.4 Å². The molecular weight excluding hydrogens is 348 g/mol. The van der Waals surface area contributed by atoms with Gasteiger partial charge in [-0.15, -0.1) is 11.3 Å². The average molecular weight is 375 g/mol. The molecule has 1 aliphatic carbocycles. The Hall–Kier alpha value is -2.15. The second kappa shape index (κ2) is 8.03. The zero-order chi connectivity index (χ0) is 18.7. The van der Waals surface area contributed by atoms with Crippen LogP contribution in [0.5, 0.6) is 0 Å². The molecule has 3 N–H and O–H groups in total. The Labute approximate surface area is 157 Å². The van der Waals surface area contributed by atoms with Crippen LogP contribution in [0.15, 0.2) is 23.0 Å². The number of thiophene rings is 1. The van der Waals surface area contributed by atoms with E-state index in [1.165, 1.54) is 23.9 Å². The van der Waals surface area contributed by atoms with Gasteiger partial charge < -0.3 is 11.1 Å². The van der Waals surface area contributed by atoms with Gasteiger partial charge in [0.1, 0.15) is 17.4 Å². The van der Waals surface area contributed by atoms with Crippen LogP contribution >= 0.6 is 11.3 Å². The molecule has 0 unspecified atom stereocenters. The van der Waals surface area contributed by atoms with Gasteiger partial charge in [-0.25, -0.2) is 4.68 Å². The summed E-state index contributed by atoms with van der Waals surface area (Å²) < 4.78 is 1.20. The molecule has 3 rings (SSSR count). The first kappa shape index (κ1) is 18.6. The minimum Gasteiger partial charge on any atom is -0.394 e. The normalized spacial score (nSPS) is 16.4. The van der Waals surface area contributed by atoms with E-state index in [9.17, 15) is 9.59 Å². The number of hydrogen-bond donors (Lipinski definition) is 2. The van der Waals surface area contributed by atoms with E-state index in [1.54, 1.807) is 24.3 Å². The number of aromatic nitrogens is 2. The number of nitrogens with two attached hydrogens (primary N) is 1. The fourth-order valence-corrected chi connectivity index (χ4v) is 4.21. The fraction of sp³-hybridized carbons (Fsp3) is 0.526. The molecule has 26 heavy (non-hydrogen) atoms. The zero-order valence-electron chi connectivity index (χ0n) is 15.3. The summed E-state index contributed by atoms with van der Waals surface area (Å²) in [6, 6.07) is 4.82. The molecule has 0 aliphatic heterocycles. The van der Waals surface area contributed by atoms with Crippen molar-refractivity contribution in [3.63, 3.8) is 0 Å². The lowest BCUT2D eigenvalue weighted by molar-refractivity contribution is -0.124. The Balaban J connectivity index is 1.77. The van der Waals surface area contributed by atoms with E-state index in [1.807, 2.05) is 19.1 Å². The molecule has 0 saturated heterocycles. The SMILES string of the molecule is Cc1ccc(-c2cc(N)c(=O)n([C@H](C)C(=O)NCC3CCCCC3)n2)s1. The fourth-order valence-electron chi connectivity index (χ4n) is 3.38. The molecule has 1 aliphatic rings. The highest BCUT2D eigenvalue weighted by atomic mass is 32.1. The lowest BCUT2D eigenvalue weighted by Gasteiger charge is -2.23. The number of anilines is 1. The average Bonchev–Trinajstić information content (AvgIpc) is 3.08. The van der Waals surface area contributed by atoms with Crippen molar-refractivity contribution in [3.8, 4) is 10.6 Å². The van der Waals surface area contributed by atoms with E-state index in [2.05, 4.69) is 10.4 Å². The van der Waals surface area contributed by atoms with Crippen LogP contribution in [0.1, 0.15) is 49.9 Å². The second-order valence-corrected chi connectivity index (χ2v) is 8.36. The molecule has 2 heterocycles. The first-order valence-corrected chi connectivity index (χ1v) is 10.0. The first-order chi connectivity index (χ1) is 12.5. The number of aryl methyl sites for hydroxylation is 1. The topological polar surface area (TPSA) is 90.0 Å². The highest BCUT2D eigenvalue weighted by molar-refractivity contribution is 7.15. The Bertz CT molecular complexity index is 836. The molecule has 2 aromatic heterocycles. The summed E-state index contributed by atoms with van der Waals surface area (Å²) in [6.45, 7) is 4.36. The molecule has 0 bridgehead atoms. The quantitative estimate of drug-likeness (QED) is 0.841. The number of hydrogen-bond acceptors (Lipinski definition) is 5. The third-order valence-electron chi connectivity index (χ3n) is 4.99. The minimum atomic E-state index is -0.700. The molecule has 7 heteroatoms. The van der Waals surface area contributed by atoms with E-state index in [0.29, 0.717) is 18.2 Å². The minimum absolute atomic E-state index is 0.105. The van der Waals surface area contributed by atoms with Gasteiger partial charge in [0.05, 0.1) is 4.88 Å². The largest absolute Gasteiger partial charge is 0.394 e. The Morgan fingerprint density at radius 3 is 2.77 bits per heavy atom. The van der Waals surface area contributed by atoms with Crippen LogP contribution in [-0.2, 0) is 4.79 Å². The Morgan fingerprint density at radius 2 is 2.12 bits per heavy atom. The maximum atomic E-state index is 12.6. The van der Waals surface area contributed by atoms with Gasteiger partial charge in [0, 0.05) is 11.4 Å². The number of rotatable bonds is 5. The third kappa shape index (κ3) is 4.15. The Kier molecular flexibility index (Phi) is 5.76. The number of nitrogens with one attached hydrogen (secondary N) is 1. The number of nitrogen functional groups attached to an aromatic ring is 1. The van der Waals surface area contributed by atoms with Crippen LogP contribution in [-0.4, -0.2) is 22.2 Å². The van der Waals surface area contributed by atoms with Gasteiger partial charge in [0.25, 0.3) is 5.56 Å². The lowest BCUT2D eigenvalue weighted by atomic mass is 9.89. The van der Waals surface area contributed by atoms with Gasteiger partial charge in [0.15, 0.2) is 0 Å². The van der Waals surface area contributed by atoms with Crippen LogP contribution in [0.25, 0.3) is 10.6 Å². The van der Waals surface area contributed by atoms with E-state index in [-0.39, 0.29) is 11.6 Å². The number of amides is 1. The monoisotopic (exact) mass is 374 g/mol. The molecule has 6 nitrogen and oxygen atoms in total. The second-order valence-electron chi connectivity index (χ2n) is 7.07. The van der Waals surface area contributed by atoms with Gasteiger partial charge in [-0.2, -0.15) is 5.10 Å². The van der Waals surface area contributed by atoms with Gasteiger partial charge in [-0.05, 0) is 50.8 Å². The standard InChI is InChI=1S/C19H26N4O2S/c1-12-8-9-17(26-12)16-10-15(20)19(25)23(22-16)13(2)18(24)21-11-14-6-4-3-5-7-14/h8-10,13-14H,3-7,11,20H2,1-2H3,(H,21,24)/t13-/m1/s1. The molecule has 1 fully saturated rings. The van der Waals surface area contributed by atoms with Crippen molar-refractivity contribution in [2.45, 2.75) is 52.0 Å². The van der Waals surface area contributed by atoms with Crippen molar-refractivity contribution >= 4 is 22.9 Å². The van der Waals surface area contributed by atoms with E-state index >= 15 is 0 Å². The van der Waals surface area contributed by atoms with Crippen LogP contribution < -0.4 is 16.6 Å². The zero-order valence-corrected chi connectivity index (χ0v) is 16.1. The third-order valence-corrected chi connectivity index (χ3v) is 6.01. The maximum absolute atomic E-state index is 12.6. The maximum Gasteiger partial charge on any atom is 0.290 e. The molecule has 2 aromatic rings. The highest BCUT2D eigenvalue weighted by Crippen LogP contribution is 2.26. The van der Waals surface area contributed by atoms with Gasteiger partial charge in [-0.1, -0.05) is 19.3 Å². The van der Waals surface area contributed by atoms with Crippen molar-refractivity contribution in [1.82, 2.24) is 15.1 Å². The predicted octanol–water partition coefficient (Wildman–Crippen LogP) is 3.12. The molecule has 0 spiro atoms. The molecule has 0 radical (unpaired) electrons. The van der Waals surface area contributed by atoms with Crippen LogP contribution in [0, 0.1) is 12.8 Å². The number of carbonyl (C=O) groups is 1. The van der Waals surface area contributed by atoms with Crippen molar-refractivity contribution in [1.29, 1.82) is 0 Å². The molecule has 1 atom stereocenters. The van der Waals surface area contributed by atoms with Gasteiger partial charge in [0.2, 0.25) is 5.91 Å². The summed E-state index contributed by atoms with van der Waals surface area (Å²) in [5.41, 5.74) is 6.19. The van der Waals surface area contributed by atoms with Crippen LogP contribution in [0.3, 0.4) is 0 Å². The van der Waals surface area contributed by atoms with Gasteiger partial charge >= 0.3 is 0 Å². The summed E-state index contributed by atoms with van der Waals surface area (Å²) >= 11 is 1.58. The highest BCUT2D eigenvalue weighted by Gasteiger charge is 2.21. The molecule has 1 amide bonds. The van der Waals surface area contributed by atoms with E-state index in [0.717, 1.165) is 22.6 Å². The summed E-state index contributed by atoms with van der Waals surface area (Å²) in [5, 5.41) is 7.39. The number of nitrogens with zero attached hydrogens (tertiary/aromatic N) is 2. The van der Waals surface area contributed by atoms with Crippen LogP contribution in [0.2, 0.25) is 0 Å². The first-order valence-electron chi connectivity index (χ1n) is 9.19. The van der Waals surface area contributed by atoms with Crippen molar-refractivity contribution in [2.75, 3.05) is 12.3 Å². The van der Waals surface area contributed by atoms with E-state index in [4.69, 9.17) is 5.73 Å². The predicted molar refractivity (Wildman–Crippen MR) is 105 cm³/mol. The molecule has 140 valence electrons. The molecular formula is C19H26N4O2S. The summed E-state index contributed by atoms with van der Waals surface area (Å²) in [5.74, 6) is 0.346. The molecule has 1 saturated carbocycles. The summed E-state index contributed by atoms with van der Waals surface area (Å²) in [6.07, 6.45) is 6.07. The van der Waals surface area contributed by atoms with E-state index < -0.39 is 11.6 Å². The van der Waals surface area contributed by atoms with Crippen molar-refractivity contribution in [2.24, 2.45) is 5.92 Å². The lowest BCUT2D eigenvalue weighted by Crippen LogP contribution is -2.39. The van der Waals surface area contributed by atoms with Gasteiger partial charge in [-0.3, -0.25) is 9.59 Å². The van der Waals surface area contributed by atoms with Crippen LogP contribution in [0.4, 0.5) is 5.69 Å². The van der Waals surface area contributed by atoms with Crippen molar-refractivity contribution < 1.29 is 4.79 Å². The molecule has 0 aromatic carbocycles.